The molecule has 0 fully saturated rings. The van der Waals surface area contributed by atoms with Crippen molar-refractivity contribution in [3.05, 3.63) is 0 Å². The summed E-state index contributed by atoms with van der Waals surface area (Å²) >= 11 is 0. The van der Waals surface area contributed by atoms with Crippen LogP contribution >= 0.6 is 0 Å². The third kappa shape index (κ3) is 2.41. The van der Waals surface area contributed by atoms with Gasteiger partial charge in [-0.2, -0.15) is 0 Å². The number of hydrogen-bond acceptors (Lipinski definition) is 4. The summed E-state index contributed by atoms with van der Waals surface area (Å²) in [7, 11) is 3.71. The lowest BCUT2D eigenvalue weighted by Crippen LogP contribution is -2.65. The predicted octanol–water partition coefficient (Wildman–Crippen LogP) is -2.65. The second-order valence-electron chi connectivity index (χ2n) is 3.35. The van der Waals surface area contributed by atoms with Crippen molar-refractivity contribution in [3.63, 3.8) is 0 Å². The minimum atomic E-state index is -2.46. The van der Waals surface area contributed by atoms with Crippen molar-refractivity contribution in [1.29, 1.82) is 0 Å². The van der Waals surface area contributed by atoms with Crippen LogP contribution in [-0.2, 0) is 19.2 Å². The maximum absolute atomic E-state index is 12.0. The molecule has 0 aliphatic carbocycles. The lowest BCUT2D eigenvalue weighted by molar-refractivity contribution is -0.157. The maximum Gasteiger partial charge on any atom is 0.282 e. The molecule has 0 aliphatic rings. The molecule has 0 aliphatic heterocycles. The minimum Gasteiger partial charge on any atom is -0.357 e. The van der Waals surface area contributed by atoms with E-state index in [2.05, 4.69) is 21.3 Å². The molecule has 0 spiro atoms. The number of carbonyl (C=O) groups excluding carboxylic acids is 4. The van der Waals surface area contributed by atoms with E-state index >= 15 is 0 Å². The van der Waals surface area contributed by atoms with E-state index in [0.717, 1.165) is 0 Å². The molecule has 4 N–H and O–H groups in total. The fourth-order valence-corrected chi connectivity index (χ4v) is 1.47. The van der Waals surface area contributed by atoms with Gasteiger partial charge in [0, 0.05) is 27.7 Å². The number of nitrogens with one attached hydrogen (secondary N) is 4. The zero-order valence-corrected chi connectivity index (χ0v) is 10.8. The molecule has 4 amide bonds. The Kier molecular flexibility index (Phi) is 5.80. The lowest BCUT2D eigenvalue weighted by atomic mass is 9.83. The molecule has 0 saturated heterocycles. The van der Waals surface area contributed by atoms with E-state index in [1.165, 1.54) is 21.1 Å². The van der Waals surface area contributed by atoms with Crippen LogP contribution in [0.15, 0.2) is 0 Å². The first-order chi connectivity index (χ1) is 8.43. The molecule has 0 saturated carbocycles. The van der Waals surface area contributed by atoms with Gasteiger partial charge >= 0.3 is 0 Å². The molecule has 0 atom stereocenters. The second-order valence-corrected chi connectivity index (χ2v) is 3.35. The van der Waals surface area contributed by atoms with E-state index in [1.807, 2.05) is 0 Å². The van der Waals surface area contributed by atoms with E-state index in [-0.39, 0.29) is 6.54 Å². The topological polar surface area (TPSA) is 116 Å². The molecule has 0 rings (SSSR count). The minimum absolute atomic E-state index is 0.186. The summed E-state index contributed by atoms with van der Waals surface area (Å²) in [5, 5.41) is 8.77. The van der Waals surface area contributed by atoms with Gasteiger partial charge in [-0.3, -0.25) is 19.2 Å². The van der Waals surface area contributed by atoms with Gasteiger partial charge < -0.3 is 21.3 Å². The van der Waals surface area contributed by atoms with Crippen molar-refractivity contribution in [2.45, 2.75) is 6.92 Å². The van der Waals surface area contributed by atoms with Crippen LogP contribution in [0.25, 0.3) is 0 Å². The molecule has 0 bridgehead atoms. The first kappa shape index (κ1) is 15.9. The summed E-state index contributed by atoms with van der Waals surface area (Å²) in [6.45, 7) is 1.80. The normalized spacial score (nSPS) is 10.2. The highest BCUT2D eigenvalue weighted by Gasteiger charge is 2.58. The Morgan fingerprint density at radius 1 is 0.778 bits per heavy atom. The Hall–Kier alpha value is -2.12. The van der Waals surface area contributed by atoms with Gasteiger partial charge in [-0.15, -0.1) is 0 Å². The van der Waals surface area contributed by atoms with E-state index in [0.29, 0.717) is 0 Å². The van der Waals surface area contributed by atoms with Crippen LogP contribution in [0, 0.1) is 5.41 Å². The predicted molar refractivity (Wildman–Crippen MR) is 63.3 cm³/mol. The Balaban J connectivity index is 5.86. The molecule has 0 unspecified atom stereocenters. The summed E-state index contributed by atoms with van der Waals surface area (Å²) in [5.41, 5.74) is -2.46. The Labute approximate surface area is 105 Å². The SMILES string of the molecule is CCNC(=O)C(C(=O)NC)(C(=O)NC)C(=O)NC. The zero-order valence-electron chi connectivity index (χ0n) is 10.8. The van der Waals surface area contributed by atoms with Crippen LogP contribution in [0.2, 0.25) is 0 Å². The number of amides is 4. The van der Waals surface area contributed by atoms with Crippen molar-refractivity contribution < 1.29 is 19.2 Å². The number of carbonyl (C=O) groups is 4. The quantitative estimate of drug-likeness (QED) is 0.403. The third-order valence-electron chi connectivity index (χ3n) is 2.38. The summed E-state index contributed by atoms with van der Waals surface area (Å²) < 4.78 is 0. The van der Waals surface area contributed by atoms with Gasteiger partial charge in [0.1, 0.15) is 0 Å². The molecular weight excluding hydrogens is 240 g/mol. The van der Waals surface area contributed by atoms with E-state index in [9.17, 15) is 19.2 Å². The molecule has 0 aromatic carbocycles. The summed E-state index contributed by atoms with van der Waals surface area (Å²) in [6, 6.07) is 0. The van der Waals surface area contributed by atoms with E-state index < -0.39 is 29.0 Å². The number of hydrogen-bond donors (Lipinski definition) is 4. The highest BCUT2D eigenvalue weighted by atomic mass is 16.2. The van der Waals surface area contributed by atoms with Crippen LogP contribution in [0.3, 0.4) is 0 Å². The monoisotopic (exact) mass is 258 g/mol. The van der Waals surface area contributed by atoms with Gasteiger partial charge in [-0.1, -0.05) is 0 Å². The van der Waals surface area contributed by atoms with Crippen molar-refractivity contribution in [1.82, 2.24) is 21.3 Å². The average molecular weight is 258 g/mol. The largest absolute Gasteiger partial charge is 0.357 e. The van der Waals surface area contributed by atoms with Gasteiger partial charge in [0.2, 0.25) is 0 Å². The fraction of sp³-hybridized carbons (Fsp3) is 0.600. The third-order valence-corrected chi connectivity index (χ3v) is 2.38. The highest BCUT2D eigenvalue weighted by molar-refractivity contribution is 6.37. The zero-order chi connectivity index (χ0) is 14.3. The molecule has 8 nitrogen and oxygen atoms in total. The lowest BCUT2D eigenvalue weighted by Gasteiger charge is -2.26. The highest BCUT2D eigenvalue weighted by Crippen LogP contribution is 2.19. The standard InChI is InChI=1S/C10H18N4O4/c1-5-14-9(18)10(6(15)11-2,7(16)12-3)8(17)13-4/h5H2,1-4H3,(H,11,15)(H,12,16)(H,13,17)(H,14,18). The second kappa shape index (κ2) is 6.58. The van der Waals surface area contributed by atoms with E-state index in [1.54, 1.807) is 6.92 Å². The van der Waals surface area contributed by atoms with Crippen molar-refractivity contribution in [2.24, 2.45) is 5.41 Å². The van der Waals surface area contributed by atoms with Gasteiger partial charge in [0.15, 0.2) is 0 Å². The van der Waals surface area contributed by atoms with Gasteiger partial charge in [-0.05, 0) is 6.92 Å². The van der Waals surface area contributed by atoms with Crippen molar-refractivity contribution >= 4 is 23.6 Å². The number of rotatable bonds is 5. The smallest absolute Gasteiger partial charge is 0.282 e. The van der Waals surface area contributed by atoms with Crippen LogP contribution in [0.5, 0.6) is 0 Å². The molecule has 18 heavy (non-hydrogen) atoms. The molecule has 8 heteroatoms. The van der Waals surface area contributed by atoms with E-state index in [4.69, 9.17) is 0 Å². The Morgan fingerprint density at radius 2 is 1.11 bits per heavy atom. The Bertz CT molecular complexity index is 326. The first-order valence-corrected chi connectivity index (χ1v) is 5.38. The van der Waals surface area contributed by atoms with Gasteiger partial charge in [-0.25, -0.2) is 0 Å². The molecule has 102 valence electrons. The molecule has 0 heterocycles. The molecule has 0 aromatic heterocycles. The van der Waals surface area contributed by atoms with Crippen LogP contribution < -0.4 is 21.3 Å². The molecule has 0 aromatic rings. The average Bonchev–Trinajstić information content (AvgIpc) is 2.38. The van der Waals surface area contributed by atoms with Crippen LogP contribution in [0.1, 0.15) is 6.92 Å². The van der Waals surface area contributed by atoms with Crippen LogP contribution in [0.4, 0.5) is 0 Å². The maximum atomic E-state index is 12.0. The molecular formula is C10H18N4O4. The van der Waals surface area contributed by atoms with Crippen molar-refractivity contribution in [2.75, 3.05) is 27.7 Å². The summed E-state index contributed by atoms with van der Waals surface area (Å²) in [5.74, 6) is -3.95. The Morgan fingerprint density at radius 3 is 1.33 bits per heavy atom. The fourth-order valence-electron chi connectivity index (χ4n) is 1.47. The summed E-state index contributed by atoms with van der Waals surface area (Å²) in [6.07, 6.45) is 0. The van der Waals surface area contributed by atoms with Crippen LogP contribution in [-0.4, -0.2) is 51.3 Å². The van der Waals surface area contributed by atoms with Gasteiger partial charge in [0.05, 0.1) is 0 Å². The molecule has 0 radical (unpaired) electrons. The van der Waals surface area contributed by atoms with Crippen molar-refractivity contribution in [3.8, 4) is 0 Å². The first-order valence-electron chi connectivity index (χ1n) is 5.38. The summed E-state index contributed by atoms with van der Waals surface area (Å²) in [4.78, 5) is 47.5. The van der Waals surface area contributed by atoms with Gasteiger partial charge in [0.25, 0.3) is 29.0 Å².